The molecule has 3 saturated carbocycles. The highest BCUT2D eigenvalue weighted by Gasteiger charge is 2.63. The Morgan fingerprint density at radius 2 is 1.94 bits per heavy atom. The fraction of sp³-hybridized carbons (Fsp3) is 0.759. The van der Waals surface area contributed by atoms with Gasteiger partial charge in [0.05, 0.1) is 12.8 Å². The van der Waals surface area contributed by atoms with Gasteiger partial charge in [0.25, 0.3) is 5.91 Å². The minimum absolute atomic E-state index is 0.138. The molecular weight excluding hydrogens is 456 g/mol. The van der Waals surface area contributed by atoms with Crippen molar-refractivity contribution < 1.29 is 24.3 Å². The van der Waals surface area contributed by atoms with E-state index >= 15 is 0 Å². The summed E-state index contributed by atoms with van der Waals surface area (Å²) in [6.07, 6.45) is 17.3. The van der Waals surface area contributed by atoms with Gasteiger partial charge in [0.2, 0.25) is 0 Å². The molecule has 4 fully saturated rings. The molecule has 1 amide bonds. The number of rotatable bonds is 4. The number of likely N-dealkylation sites (tertiary alicyclic amines) is 1. The number of allylic oxidation sites excluding steroid dienone is 2. The number of oxime groups is 1. The number of ether oxygens (including phenoxy) is 1. The molecule has 1 heterocycles. The van der Waals surface area contributed by atoms with Crippen molar-refractivity contribution in [3.8, 4) is 12.3 Å². The van der Waals surface area contributed by atoms with Crippen LogP contribution in [0.3, 0.4) is 0 Å². The Bertz CT molecular complexity index is 1030. The standard InChI is InChI=1S/C29H40N2O5/c1-5-29(34)15-12-23-21-9-8-19-17-20(10-13-27(19,2)22(21)11-14-28(23,29)3)30-36-18-25(32)31-16-6-7-24(31)26(33)35-4/h1,17,21-24,34H,6-16,18H2,2-4H3/b30-20+/t21-,22+,23-,24+,27+,28+,29-/m1/s1. The van der Waals surface area contributed by atoms with Crippen LogP contribution in [0.1, 0.15) is 78.1 Å². The minimum Gasteiger partial charge on any atom is -0.467 e. The number of aliphatic hydroxyl groups is 1. The van der Waals surface area contributed by atoms with Gasteiger partial charge in [-0.2, -0.15) is 0 Å². The van der Waals surface area contributed by atoms with E-state index in [1.54, 1.807) is 4.90 Å². The lowest BCUT2D eigenvalue weighted by Gasteiger charge is -2.58. The van der Waals surface area contributed by atoms with Gasteiger partial charge in [-0.25, -0.2) is 4.79 Å². The number of hydrogen-bond donors (Lipinski definition) is 1. The molecule has 5 aliphatic rings. The molecule has 0 radical (unpaired) electrons. The number of terminal acetylenes is 1. The van der Waals surface area contributed by atoms with Gasteiger partial charge < -0.3 is 19.6 Å². The highest BCUT2D eigenvalue weighted by Crippen LogP contribution is 2.67. The first kappa shape index (κ1) is 25.3. The Kier molecular flexibility index (Phi) is 6.47. The van der Waals surface area contributed by atoms with Crippen LogP contribution in [0.5, 0.6) is 0 Å². The second-order valence-corrected chi connectivity index (χ2v) is 12.1. The summed E-state index contributed by atoms with van der Waals surface area (Å²) < 4.78 is 4.83. The fourth-order valence-corrected chi connectivity index (χ4v) is 8.60. The van der Waals surface area contributed by atoms with Crippen LogP contribution in [-0.2, 0) is 19.2 Å². The Balaban J connectivity index is 1.24. The van der Waals surface area contributed by atoms with Gasteiger partial charge in [-0.1, -0.05) is 30.5 Å². The van der Waals surface area contributed by atoms with Crippen molar-refractivity contribution >= 4 is 17.6 Å². The number of carbonyl (C=O) groups is 2. The lowest BCUT2D eigenvalue weighted by Crippen LogP contribution is -2.54. The second kappa shape index (κ2) is 9.20. The number of esters is 1. The monoisotopic (exact) mass is 496 g/mol. The van der Waals surface area contributed by atoms with Crippen LogP contribution in [0, 0.1) is 40.9 Å². The van der Waals surface area contributed by atoms with Gasteiger partial charge in [0.1, 0.15) is 11.6 Å². The van der Waals surface area contributed by atoms with Gasteiger partial charge in [-0.05, 0) is 93.5 Å². The Labute approximate surface area is 214 Å². The van der Waals surface area contributed by atoms with E-state index in [1.807, 2.05) is 0 Å². The van der Waals surface area contributed by atoms with E-state index < -0.39 is 11.6 Å². The molecule has 7 nitrogen and oxygen atoms in total. The van der Waals surface area contributed by atoms with Crippen LogP contribution in [0.25, 0.3) is 0 Å². The highest BCUT2D eigenvalue weighted by molar-refractivity contribution is 5.96. The van der Waals surface area contributed by atoms with Crippen LogP contribution < -0.4 is 0 Å². The smallest absolute Gasteiger partial charge is 0.328 e. The molecule has 196 valence electrons. The summed E-state index contributed by atoms with van der Waals surface area (Å²) in [5.74, 6) is 3.86. The molecule has 1 saturated heterocycles. The van der Waals surface area contributed by atoms with Crippen LogP contribution in [-0.4, -0.2) is 59.5 Å². The number of amides is 1. The molecule has 7 atom stereocenters. The van der Waals surface area contributed by atoms with Crippen LogP contribution in [0.15, 0.2) is 16.8 Å². The zero-order valence-electron chi connectivity index (χ0n) is 21.9. The molecule has 1 aliphatic heterocycles. The van der Waals surface area contributed by atoms with Gasteiger partial charge in [-0.15, -0.1) is 6.42 Å². The van der Waals surface area contributed by atoms with Gasteiger partial charge >= 0.3 is 5.97 Å². The van der Waals surface area contributed by atoms with Crippen LogP contribution >= 0.6 is 0 Å². The number of hydrogen-bond acceptors (Lipinski definition) is 6. The quantitative estimate of drug-likeness (QED) is 0.363. The molecule has 0 aromatic carbocycles. The Hall–Kier alpha value is -2.33. The summed E-state index contributed by atoms with van der Waals surface area (Å²) in [5.41, 5.74) is 1.33. The zero-order chi connectivity index (χ0) is 25.7. The Morgan fingerprint density at radius 1 is 1.17 bits per heavy atom. The average molecular weight is 497 g/mol. The first-order valence-corrected chi connectivity index (χ1v) is 13.6. The highest BCUT2D eigenvalue weighted by atomic mass is 16.6. The summed E-state index contributed by atoms with van der Waals surface area (Å²) in [4.78, 5) is 31.6. The first-order chi connectivity index (χ1) is 17.2. The lowest BCUT2D eigenvalue weighted by molar-refractivity contribution is -0.152. The second-order valence-electron chi connectivity index (χ2n) is 12.1. The van der Waals surface area contributed by atoms with Gasteiger partial charge in [-0.3, -0.25) is 4.79 Å². The molecule has 0 bridgehead atoms. The normalized spacial score (nSPS) is 42.6. The third-order valence-electron chi connectivity index (χ3n) is 10.8. The molecule has 4 aliphatic carbocycles. The molecule has 1 N–H and O–H groups in total. The predicted octanol–water partition coefficient (Wildman–Crippen LogP) is 3.85. The van der Waals surface area contributed by atoms with Crippen molar-refractivity contribution in [3.63, 3.8) is 0 Å². The largest absolute Gasteiger partial charge is 0.467 e. The SMILES string of the molecule is C#C[C@@]1(O)CC[C@@H]2[C@@H]3CCC4=C/C(=N/OCC(=O)N5CCC[C@H]5C(=O)OC)CC[C@]4(C)[C@H]3CC[C@@]21C. The third-order valence-corrected chi connectivity index (χ3v) is 10.8. The van der Waals surface area contributed by atoms with Gasteiger partial charge in [0.15, 0.2) is 6.61 Å². The maximum absolute atomic E-state index is 12.6. The predicted molar refractivity (Wildman–Crippen MR) is 136 cm³/mol. The van der Waals surface area contributed by atoms with Crippen molar-refractivity contribution in [2.45, 2.75) is 89.7 Å². The van der Waals surface area contributed by atoms with Crippen LogP contribution in [0.4, 0.5) is 0 Å². The maximum Gasteiger partial charge on any atom is 0.328 e. The Morgan fingerprint density at radius 3 is 2.69 bits per heavy atom. The zero-order valence-corrected chi connectivity index (χ0v) is 21.9. The third kappa shape index (κ3) is 3.79. The summed E-state index contributed by atoms with van der Waals surface area (Å²) in [6.45, 7) is 5.03. The van der Waals surface area contributed by atoms with Crippen molar-refractivity contribution in [1.29, 1.82) is 0 Å². The minimum atomic E-state index is -0.966. The lowest BCUT2D eigenvalue weighted by atomic mass is 9.46. The van der Waals surface area contributed by atoms with Crippen LogP contribution in [0.2, 0.25) is 0 Å². The molecule has 0 unspecified atom stereocenters. The van der Waals surface area contributed by atoms with E-state index in [4.69, 9.17) is 16.0 Å². The average Bonchev–Trinajstić information content (AvgIpc) is 3.47. The van der Waals surface area contributed by atoms with E-state index in [-0.39, 0.29) is 29.3 Å². The van der Waals surface area contributed by atoms with Crippen molar-refractivity contribution in [2.24, 2.45) is 33.7 Å². The summed E-state index contributed by atoms with van der Waals surface area (Å²) in [5, 5.41) is 15.5. The number of fused-ring (bicyclic) bond motifs is 5. The molecular formula is C29H40N2O5. The van der Waals surface area contributed by atoms with E-state index in [0.717, 1.165) is 63.5 Å². The van der Waals surface area contributed by atoms with Gasteiger partial charge in [0, 0.05) is 12.0 Å². The number of methoxy groups -OCH3 is 1. The van der Waals surface area contributed by atoms with Crippen molar-refractivity contribution in [2.75, 3.05) is 20.3 Å². The molecule has 0 aromatic heterocycles. The topological polar surface area (TPSA) is 88.4 Å². The van der Waals surface area contributed by atoms with Crippen molar-refractivity contribution in [3.05, 3.63) is 11.6 Å². The summed E-state index contributed by atoms with van der Waals surface area (Å²) in [7, 11) is 1.35. The summed E-state index contributed by atoms with van der Waals surface area (Å²) in [6, 6.07) is -0.514. The number of carbonyl (C=O) groups excluding carboxylic acids is 2. The molecule has 36 heavy (non-hydrogen) atoms. The first-order valence-electron chi connectivity index (χ1n) is 13.6. The molecule has 0 aromatic rings. The maximum atomic E-state index is 12.6. The van der Waals surface area contributed by atoms with E-state index in [1.165, 1.54) is 12.7 Å². The number of nitrogens with zero attached hydrogens (tertiary/aromatic N) is 2. The van der Waals surface area contributed by atoms with E-state index in [9.17, 15) is 14.7 Å². The van der Waals surface area contributed by atoms with E-state index in [0.29, 0.717) is 30.7 Å². The van der Waals surface area contributed by atoms with E-state index in [2.05, 4.69) is 31.0 Å². The summed E-state index contributed by atoms with van der Waals surface area (Å²) >= 11 is 0. The molecule has 7 heteroatoms. The fourth-order valence-electron chi connectivity index (χ4n) is 8.60. The van der Waals surface area contributed by atoms with Crippen molar-refractivity contribution in [1.82, 2.24) is 4.90 Å². The molecule has 0 spiro atoms. The molecule has 5 rings (SSSR count).